The van der Waals surface area contributed by atoms with Crippen LogP contribution in [0.4, 0.5) is 13.2 Å². The monoisotopic (exact) mass is 429 g/mol. The number of carbonyl (C=O) groups is 1. The van der Waals surface area contributed by atoms with Gasteiger partial charge in [0.1, 0.15) is 17.7 Å². The van der Waals surface area contributed by atoms with Gasteiger partial charge in [-0.15, -0.1) is 0 Å². The molecule has 0 saturated heterocycles. The molecule has 4 nitrogen and oxygen atoms in total. The number of hydrogen-bond acceptors (Lipinski definition) is 4. The number of alkyl halides is 3. The molecule has 0 amide bonds. The molecule has 7 heteroatoms. The summed E-state index contributed by atoms with van der Waals surface area (Å²) in [6, 6.07) is 10.9. The first-order valence-corrected chi connectivity index (χ1v) is 10.2. The van der Waals surface area contributed by atoms with E-state index in [-0.39, 0.29) is 5.97 Å². The van der Waals surface area contributed by atoms with Gasteiger partial charge >= 0.3 is 12.1 Å². The maximum atomic E-state index is 12.9. The Balaban J connectivity index is 1.40. The number of esters is 1. The van der Waals surface area contributed by atoms with Gasteiger partial charge in [-0.05, 0) is 60.9 Å². The molecule has 1 heterocycles. The summed E-state index contributed by atoms with van der Waals surface area (Å²) in [5.41, 5.74) is 2.36. The molecule has 0 spiro atoms. The van der Waals surface area contributed by atoms with E-state index in [4.69, 9.17) is 9.15 Å². The van der Waals surface area contributed by atoms with Gasteiger partial charge in [0.25, 0.3) is 0 Å². The summed E-state index contributed by atoms with van der Waals surface area (Å²) in [7, 11) is 0. The van der Waals surface area contributed by atoms with Crippen molar-refractivity contribution in [3.8, 4) is 17.0 Å². The molecular weight excluding hydrogens is 407 g/mol. The first-order valence-electron chi connectivity index (χ1n) is 10.2. The van der Waals surface area contributed by atoms with Gasteiger partial charge in [-0.3, -0.25) is 4.79 Å². The third kappa shape index (κ3) is 4.98. The summed E-state index contributed by atoms with van der Waals surface area (Å²) in [6.07, 6.45) is 1.17. The van der Waals surface area contributed by atoms with Crippen LogP contribution in [0.5, 0.6) is 5.75 Å². The van der Waals surface area contributed by atoms with Crippen LogP contribution in [-0.2, 0) is 30.2 Å². The van der Waals surface area contributed by atoms with Crippen LogP contribution < -0.4 is 4.74 Å². The van der Waals surface area contributed by atoms with Gasteiger partial charge in [0.15, 0.2) is 5.89 Å². The lowest BCUT2D eigenvalue weighted by molar-refractivity contribution is -0.137. The Labute approximate surface area is 178 Å². The molecular formula is C24H22F3NO3. The van der Waals surface area contributed by atoms with Crippen LogP contribution >= 0.6 is 0 Å². The van der Waals surface area contributed by atoms with Crippen LogP contribution in [0.15, 0.2) is 53.1 Å². The molecule has 1 atom stereocenters. The van der Waals surface area contributed by atoms with E-state index < -0.39 is 11.7 Å². The Morgan fingerprint density at radius 1 is 1.23 bits per heavy atom. The van der Waals surface area contributed by atoms with E-state index in [2.05, 4.69) is 11.1 Å². The van der Waals surface area contributed by atoms with E-state index in [1.54, 1.807) is 6.07 Å². The highest BCUT2D eigenvalue weighted by Gasteiger charge is 2.30. The lowest BCUT2D eigenvalue weighted by atomic mass is 9.81. The number of ether oxygens (including phenoxy) is 1. The van der Waals surface area contributed by atoms with Crippen molar-refractivity contribution in [3.63, 3.8) is 0 Å². The van der Waals surface area contributed by atoms with Crippen molar-refractivity contribution in [2.75, 3.05) is 0 Å². The van der Waals surface area contributed by atoms with Crippen molar-refractivity contribution in [2.24, 2.45) is 5.92 Å². The van der Waals surface area contributed by atoms with E-state index in [1.807, 2.05) is 12.1 Å². The van der Waals surface area contributed by atoms with Gasteiger partial charge in [0.2, 0.25) is 0 Å². The van der Waals surface area contributed by atoms with Gasteiger partial charge < -0.3 is 9.15 Å². The van der Waals surface area contributed by atoms with Crippen molar-refractivity contribution in [3.05, 3.63) is 71.3 Å². The minimum absolute atomic E-state index is 0.323. The van der Waals surface area contributed by atoms with Crippen molar-refractivity contribution in [1.82, 2.24) is 4.98 Å². The minimum atomic E-state index is -4.39. The number of halogens is 3. The Morgan fingerprint density at radius 3 is 2.81 bits per heavy atom. The van der Waals surface area contributed by atoms with Gasteiger partial charge in [-0.1, -0.05) is 24.3 Å². The molecule has 0 N–H and O–H groups in total. The fraction of sp³-hybridized carbons (Fsp3) is 0.333. The zero-order valence-corrected chi connectivity index (χ0v) is 17.0. The lowest BCUT2D eigenvalue weighted by Gasteiger charge is -2.25. The lowest BCUT2D eigenvalue weighted by Crippen LogP contribution is -2.17. The molecule has 4 rings (SSSR count). The standard InChI is InChI=1S/C24H22F3NO3/c1-15(29)31-22-7-3-4-17-12-16(8-10-20(17)22)9-11-23-28-21(14-30-23)18-5-2-6-19(13-18)24(25,26)27/h2-7,13-14,16H,8-12H2,1H3. The first kappa shape index (κ1) is 21.2. The predicted molar refractivity (Wildman–Crippen MR) is 109 cm³/mol. The van der Waals surface area contributed by atoms with Crippen LogP contribution in [0.2, 0.25) is 0 Å². The molecule has 3 aromatic rings. The van der Waals surface area contributed by atoms with Crippen LogP contribution in [0.25, 0.3) is 11.3 Å². The smallest absolute Gasteiger partial charge is 0.416 e. The quantitative estimate of drug-likeness (QED) is 0.367. The Kier molecular flexibility index (Phi) is 5.85. The van der Waals surface area contributed by atoms with E-state index >= 15 is 0 Å². The van der Waals surface area contributed by atoms with E-state index in [0.717, 1.165) is 43.4 Å². The number of aromatic nitrogens is 1. The molecule has 162 valence electrons. The third-order valence-electron chi connectivity index (χ3n) is 5.60. The second-order valence-electron chi connectivity index (χ2n) is 7.84. The summed E-state index contributed by atoms with van der Waals surface area (Å²) in [5, 5.41) is 0. The second-order valence-corrected chi connectivity index (χ2v) is 7.84. The summed E-state index contributed by atoms with van der Waals surface area (Å²) in [5.74, 6) is 1.27. The normalized spacial score (nSPS) is 16.1. The van der Waals surface area contributed by atoms with Crippen LogP contribution in [0, 0.1) is 5.92 Å². The zero-order chi connectivity index (χ0) is 22.0. The van der Waals surface area contributed by atoms with E-state index in [9.17, 15) is 18.0 Å². The number of oxazole rings is 1. The number of aryl methyl sites for hydroxylation is 1. The highest BCUT2D eigenvalue weighted by Crippen LogP contribution is 2.35. The summed E-state index contributed by atoms with van der Waals surface area (Å²) in [4.78, 5) is 15.7. The fourth-order valence-corrected chi connectivity index (χ4v) is 4.09. The Hall–Kier alpha value is -3.09. The van der Waals surface area contributed by atoms with Crippen LogP contribution in [-0.4, -0.2) is 11.0 Å². The van der Waals surface area contributed by atoms with Gasteiger partial charge in [-0.25, -0.2) is 4.98 Å². The first-order chi connectivity index (χ1) is 14.8. The highest BCUT2D eigenvalue weighted by molar-refractivity contribution is 5.70. The molecule has 1 aliphatic rings. The van der Waals surface area contributed by atoms with Gasteiger partial charge in [0, 0.05) is 18.9 Å². The molecule has 0 radical (unpaired) electrons. The second kappa shape index (κ2) is 8.57. The average Bonchev–Trinajstić information content (AvgIpc) is 3.20. The number of hydrogen-bond donors (Lipinski definition) is 0. The van der Waals surface area contributed by atoms with Crippen molar-refractivity contribution in [1.29, 1.82) is 0 Å². The summed E-state index contributed by atoms with van der Waals surface area (Å²) < 4.78 is 49.7. The number of carbonyl (C=O) groups excluding carboxylic acids is 1. The number of rotatable bonds is 5. The Morgan fingerprint density at radius 2 is 2.03 bits per heavy atom. The van der Waals surface area contributed by atoms with Gasteiger partial charge in [-0.2, -0.15) is 13.2 Å². The maximum Gasteiger partial charge on any atom is 0.416 e. The van der Waals surface area contributed by atoms with Crippen molar-refractivity contribution in [2.45, 2.75) is 45.2 Å². The van der Waals surface area contributed by atoms with Crippen molar-refractivity contribution < 1.29 is 27.1 Å². The maximum absolute atomic E-state index is 12.9. The molecule has 1 aliphatic carbocycles. The largest absolute Gasteiger partial charge is 0.448 e. The number of benzene rings is 2. The SMILES string of the molecule is CC(=O)Oc1cccc2c1CCC(CCc1nc(-c3cccc(C(F)(F)F)c3)co1)C2. The van der Waals surface area contributed by atoms with E-state index in [1.165, 1.54) is 24.8 Å². The molecule has 31 heavy (non-hydrogen) atoms. The Bertz CT molecular complexity index is 1090. The molecule has 1 unspecified atom stereocenters. The van der Waals surface area contributed by atoms with Crippen molar-refractivity contribution >= 4 is 5.97 Å². The van der Waals surface area contributed by atoms with Crippen LogP contribution in [0.3, 0.4) is 0 Å². The molecule has 1 aromatic heterocycles. The highest BCUT2D eigenvalue weighted by atomic mass is 19.4. The minimum Gasteiger partial charge on any atom is -0.448 e. The number of fused-ring (bicyclic) bond motifs is 1. The summed E-state index contributed by atoms with van der Waals surface area (Å²) in [6.45, 7) is 1.40. The van der Waals surface area contributed by atoms with E-state index in [0.29, 0.717) is 35.2 Å². The predicted octanol–water partition coefficient (Wildman–Crippen LogP) is 6.02. The number of nitrogens with zero attached hydrogens (tertiary/aromatic N) is 1. The average molecular weight is 429 g/mol. The summed E-state index contributed by atoms with van der Waals surface area (Å²) >= 11 is 0. The molecule has 0 saturated carbocycles. The molecule has 0 bridgehead atoms. The third-order valence-corrected chi connectivity index (χ3v) is 5.60. The topological polar surface area (TPSA) is 52.3 Å². The van der Waals surface area contributed by atoms with Gasteiger partial charge in [0.05, 0.1) is 5.56 Å². The zero-order valence-electron chi connectivity index (χ0n) is 17.0. The molecule has 2 aromatic carbocycles. The fourth-order valence-electron chi connectivity index (χ4n) is 4.09. The molecule has 0 fully saturated rings. The van der Waals surface area contributed by atoms with Crippen LogP contribution in [0.1, 0.15) is 42.3 Å². The molecule has 0 aliphatic heterocycles.